The number of hydrogen-bond donors (Lipinski definition) is 2. The second kappa shape index (κ2) is 6.87. The van der Waals surface area contributed by atoms with Crippen LogP contribution in [0.2, 0.25) is 5.02 Å². The lowest BCUT2D eigenvalue weighted by molar-refractivity contribution is 0.416. The number of hydrogen-bond acceptors (Lipinski definition) is 3. The molecule has 7 heteroatoms. The monoisotopic (exact) mass is 324 g/mol. The van der Waals surface area contributed by atoms with Gasteiger partial charge >= 0.3 is 0 Å². The van der Waals surface area contributed by atoms with E-state index in [1.54, 1.807) is 18.2 Å². The molecule has 0 unspecified atom stereocenters. The number of nitrogens with zero attached hydrogens (tertiary/aromatic N) is 2. The second-order valence-electron chi connectivity index (χ2n) is 4.52. The van der Waals surface area contributed by atoms with Crippen molar-refractivity contribution in [3.63, 3.8) is 0 Å². The molecule has 0 amide bonds. The molecule has 0 aliphatic heterocycles. The molecule has 2 aromatic rings. The number of thiocarbonyl (C=S) groups is 1. The molecule has 0 aliphatic rings. The van der Waals surface area contributed by atoms with Gasteiger partial charge in [-0.25, -0.2) is 4.98 Å². The summed E-state index contributed by atoms with van der Waals surface area (Å²) in [7, 11) is 0. The van der Waals surface area contributed by atoms with Gasteiger partial charge in [-0.2, -0.15) is 0 Å². The van der Waals surface area contributed by atoms with Crippen LogP contribution in [-0.2, 0) is 6.54 Å². The van der Waals surface area contributed by atoms with Crippen LogP contribution in [0.1, 0.15) is 19.7 Å². The highest BCUT2D eigenvalue weighted by Crippen LogP contribution is 2.14. The highest BCUT2D eigenvalue weighted by Gasteiger charge is 2.11. The zero-order valence-corrected chi connectivity index (χ0v) is 13.5. The first-order valence-corrected chi connectivity index (χ1v) is 7.55. The van der Waals surface area contributed by atoms with Crippen molar-refractivity contribution >= 4 is 39.8 Å². The molecule has 0 atom stereocenters. The Morgan fingerprint density at radius 3 is 2.90 bits per heavy atom. The Kier molecular flexibility index (Phi) is 5.14. The van der Waals surface area contributed by atoms with Gasteiger partial charge in [-0.1, -0.05) is 11.6 Å². The molecule has 0 fully saturated rings. The average molecular weight is 325 g/mol. The Balaban J connectivity index is 2.33. The van der Waals surface area contributed by atoms with Gasteiger partial charge in [0.2, 0.25) is 0 Å². The van der Waals surface area contributed by atoms with E-state index in [9.17, 15) is 4.79 Å². The summed E-state index contributed by atoms with van der Waals surface area (Å²) in [4.78, 5) is 21.3. The van der Waals surface area contributed by atoms with Crippen LogP contribution in [0.25, 0.3) is 10.9 Å². The fourth-order valence-corrected chi connectivity index (χ4v) is 2.51. The number of rotatable bonds is 4. The Bertz CT molecular complexity index is 716. The number of aromatic nitrogens is 2. The minimum Gasteiger partial charge on any atom is -0.363 e. The molecule has 21 heavy (non-hydrogen) atoms. The van der Waals surface area contributed by atoms with Crippen molar-refractivity contribution in [1.29, 1.82) is 0 Å². The predicted octanol–water partition coefficient (Wildman–Crippen LogP) is 2.29. The number of aromatic amines is 1. The predicted molar refractivity (Wildman–Crippen MR) is 89.7 cm³/mol. The summed E-state index contributed by atoms with van der Waals surface area (Å²) in [6.07, 6.45) is 0. The molecule has 2 rings (SSSR count). The molecule has 0 spiro atoms. The summed E-state index contributed by atoms with van der Waals surface area (Å²) < 4.78 is 0. The quantitative estimate of drug-likeness (QED) is 0.845. The van der Waals surface area contributed by atoms with Crippen LogP contribution in [0.3, 0.4) is 0 Å². The molecule has 5 nitrogen and oxygen atoms in total. The molecule has 112 valence electrons. The van der Waals surface area contributed by atoms with Gasteiger partial charge in [-0.05, 0) is 44.3 Å². The van der Waals surface area contributed by atoms with Crippen LogP contribution in [0.5, 0.6) is 0 Å². The summed E-state index contributed by atoms with van der Waals surface area (Å²) in [6, 6.07) is 5.04. The molecule has 1 aromatic carbocycles. The van der Waals surface area contributed by atoms with Crippen molar-refractivity contribution in [3.05, 3.63) is 39.4 Å². The first-order valence-electron chi connectivity index (χ1n) is 6.76. The SMILES string of the molecule is CCNC(=S)N(CC)Cc1nc2cc(Cl)ccc2c(=O)[nH]1. The maximum atomic E-state index is 12.1. The van der Waals surface area contributed by atoms with Gasteiger partial charge in [-0.3, -0.25) is 4.79 Å². The second-order valence-corrected chi connectivity index (χ2v) is 5.35. The lowest BCUT2D eigenvalue weighted by atomic mass is 10.2. The molecular formula is C14H17ClN4OS. The summed E-state index contributed by atoms with van der Waals surface area (Å²) in [6.45, 7) is 5.91. The van der Waals surface area contributed by atoms with Crippen molar-refractivity contribution in [3.8, 4) is 0 Å². The van der Waals surface area contributed by atoms with E-state index in [1.807, 2.05) is 18.7 Å². The molecule has 0 saturated heterocycles. The molecular weight excluding hydrogens is 308 g/mol. The van der Waals surface area contributed by atoms with E-state index < -0.39 is 0 Å². The molecule has 0 radical (unpaired) electrons. The van der Waals surface area contributed by atoms with Gasteiger partial charge in [0.25, 0.3) is 5.56 Å². The van der Waals surface area contributed by atoms with Gasteiger partial charge in [-0.15, -0.1) is 0 Å². The van der Waals surface area contributed by atoms with Crippen molar-refractivity contribution < 1.29 is 0 Å². The Morgan fingerprint density at radius 2 is 2.24 bits per heavy atom. The first-order chi connectivity index (χ1) is 10.0. The minimum atomic E-state index is -0.169. The third-order valence-corrected chi connectivity index (χ3v) is 3.69. The van der Waals surface area contributed by atoms with E-state index >= 15 is 0 Å². The molecule has 1 aromatic heterocycles. The van der Waals surface area contributed by atoms with Gasteiger partial charge in [0.1, 0.15) is 5.82 Å². The maximum Gasteiger partial charge on any atom is 0.258 e. The Hall–Kier alpha value is -1.66. The molecule has 0 aliphatic carbocycles. The van der Waals surface area contributed by atoms with E-state index in [2.05, 4.69) is 15.3 Å². The normalized spacial score (nSPS) is 10.6. The highest BCUT2D eigenvalue weighted by molar-refractivity contribution is 7.80. The fraction of sp³-hybridized carbons (Fsp3) is 0.357. The smallest absolute Gasteiger partial charge is 0.258 e. The molecule has 1 heterocycles. The van der Waals surface area contributed by atoms with E-state index in [0.29, 0.717) is 33.4 Å². The summed E-state index contributed by atoms with van der Waals surface area (Å²) in [5.74, 6) is 0.567. The van der Waals surface area contributed by atoms with Crippen LogP contribution in [0.4, 0.5) is 0 Å². The summed E-state index contributed by atoms with van der Waals surface area (Å²) >= 11 is 11.3. The molecule has 0 bridgehead atoms. The van der Waals surface area contributed by atoms with Gasteiger partial charge < -0.3 is 15.2 Å². The van der Waals surface area contributed by atoms with E-state index in [1.165, 1.54) is 0 Å². The van der Waals surface area contributed by atoms with E-state index in [-0.39, 0.29) is 5.56 Å². The van der Waals surface area contributed by atoms with Crippen molar-refractivity contribution in [1.82, 2.24) is 20.2 Å². The number of fused-ring (bicyclic) bond motifs is 1. The number of benzene rings is 1. The minimum absolute atomic E-state index is 0.169. The zero-order valence-electron chi connectivity index (χ0n) is 11.9. The topological polar surface area (TPSA) is 61.0 Å². The lowest BCUT2D eigenvalue weighted by Crippen LogP contribution is -2.39. The van der Waals surface area contributed by atoms with Crippen LogP contribution >= 0.6 is 23.8 Å². The average Bonchev–Trinajstić information content (AvgIpc) is 2.44. The summed E-state index contributed by atoms with van der Waals surface area (Å²) in [5, 5.41) is 4.83. The Morgan fingerprint density at radius 1 is 1.48 bits per heavy atom. The van der Waals surface area contributed by atoms with Crippen LogP contribution < -0.4 is 10.9 Å². The van der Waals surface area contributed by atoms with Crippen LogP contribution in [0, 0.1) is 0 Å². The first kappa shape index (κ1) is 15.7. The van der Waals surface area contributed by atoms with Crippen LogP contribution in [0.15, 0.2) is 23.0 Å². The third-order valence-electron chi connectivity index (χ3n) is 3.06. The van der Waals surface area contributed by atoms with Crippen LogP contribution in [-0.4, -0.2) is 33.1 Å². The van der Waals surface area contributed by atoms with E-state index in [0.717, 1.165) is 13.1 Å². The standard InChI is InChI=1S/C14H17ClN4OS/c1-3-16-14(21)19(4-2)8-12-17-11-7-9(15)5-6-10(11)13(20)18-12/h5-7H,3-4,8H2,1-2H3,(H,16,21)(H,17,18,20). The summed E-state index contributed by atoms with van der Waals surface area (Å²) in [5.41, 5.74) is 0.420. The fourth-order valence-electron chi connectivity index (χ4n) is 2.01. The Labute approximate surface area is 133 Å². The number of nitrogens with one attached hydrogen (secondary N) is 2. The van der Waals surface area contributed by atoms with E-state index in [4.69, 9.17) is 23.8 Å². The number of halogens is 1. The largest absolute Gasteiger partial charge is 0.363 e. The lowest BCUT2D eigenvalue weighted by Gasteiger charge is -2.23. The van der Waals surface area contributed by atoms with Gasteiger partial charge in [0, 0.05) is 18.1 Å². The van der Waals surface area contributed by atoms with Gasteiger partial charge in [0.05, 0.1) is 17.4 Å². The highest BCUT2D eigenvalue weighted by atomic mass is 35.5. The van der Waals surface area contributed by atoms with Crippen molar-refractivity contribution in [2.45, 2.75) is 20.4 Å². The number of H-pyrrole nitrogens is 1. The molecule has 2 N–H and O–H groups in total. The van der Waals surface area contributed by atoms with Crippen molar-refractivity contribution in [2.24, 2.45) is 0 Å². The zero-order chi connectivity index (χ0) is 15.4. The molecule has 0 saturated carbocycles. The third kappa shape index (κ3) is 3.71. The van der Waals surface area contributed by atoms with Crippen molar-refractivity contribution in [2.75, 3.05) is 13.1 Å². The maximum absolute atomic E-state index is 12.1. The van der Waals surface area contributed by atoms with Gasteiger partial charge in [0.15, 0.2) is 5.11 Å².